The van der Waals surface area contributed by atoms with Crippen molar-refractivity contribution in [1.82, 2.24) is 9.88 Å². The molecule has 2 heterocycles. The van der Waals surface area contributed by atoms with Crippen molar-refractivity contribution in [2.45, 2.75) is 0 Å². The van der Waals surface area contributed by atoms with Gasteiger partial charge in [-0.25, -0.2) is 0 Å². The molecule has 1 aliphatic heterocycles. The van der Waals surface area contributed by atoms with E-state index in [0.717, 1.165) is 16.9 Å². The van der Waals surface area contributed by atoms with E-state index < -0.39 is 0 Å². The van der Waals surface area contributed by atoms with E-state index in [1.165, 1.54) is 10.8 Å². The van der Waals surface area contributed by atoms with Gasteiger partial charge in [-0.3, -0.25) is 0 Å². The van der Waals surface area contributed by atoms with E-state index in [1.54, 1.807) is 0 Å². The number of aromatic nitrogens is 1. The second-order valence-electron chi connectivity index (χ2n) is 6.39. The maximum Gasteiger partial charge on any atom is 3.00 e. The van der Waals surface area contributed by atoms with Crippen molar-refractivity contribution >= 4 is 16.5 Å². The minimum atomic E-state index is 0. The summed E-state index contributed by atoms with van der Waals surface area (Å²) in [5, 5.41) is 2.42. The summed E-state index contributed by atoms with van der Waals surface area (Å²) < 4.78 is 0. The molecule has 4 heteroatoms. The minimum Gasteiger partial charge on any atom is -0.510 e. The van der Waals surface area contributed by atoms with E-state index in [0.29, 0.717) is 0 Å². The molecule has 0 saturated carbocycles. The Bertz CT molecular complexity index is 1060. The fourth-order valence-electron chi connectivity index (χ4n) is 3.02. The van der Waals surface area contributed by atoms with Crippen LogP contribution < -0.4 is 4.90 Å². The zero-order chi connectivity index (χ0) is 19.2. The summed E-state index contributed by atoms with van der Waals surface area (Å²) in [7, 11) is 2.00. The Hall–Kier alpha value is -2.94. The van der Waals surface area contributed by atoms with Gasteiger partial charge in [0.05, 0.1) is 0 Å². The summed E-state index contributed by atoms with van der Waals surface area (Å²) in [5.41, 5.74) is 3.11. The number of rotatable bonds is 2. The van der Waals surface area contributed by atoms with Gasteiger partial charge in [-0.15, -0.1) is 34.8 Å². The minimum absolute atomic E-state index is 0. The molecule has 0 aliphatic carbocycles. The van der Waals surface area contributed by atoms with Crippen LogP contribution in [0.1, 0.15) is 0 Å². The number of anilines is 1. The molecule has 0 saturated heterocycles. The summed E-state index contributed by atoms with van der Waals surface area (Å²) in [6.07, 6.45) is 5.82. The summed E-state index contributed by atoms with van der Waals surface area (Å²) in [5.74, 6) is 0. The third kappa shape index (κ3) is 5.11. The molecule has 1 aliphatic rings. The molecule has 29 heavy (non-hydrogen) atoms. The molecular weight excluding hydrogens is 535 g/mol. The van der Waals surface area contributed by atoms with Crippen LogP contribution in [-0.2, 0) is 20.1 Å². The summed E-state index contributed by atoms with van der Waals surface area (Å²) >= 11 is 0. The first-order valence-electron chi connectivity index (χ1n) is 9.12. The van der Waals surface area contributed by atoms with Crippen molar-refractivity contribution in [1.29, 1.82) is 0 Å². The predicted molar refractivity (Wildman–Crippen MR) is 115 cm³/mol. The fraction of sp³-hybridized carbons (Fsp3) is 0.0400. The largest absolute Gasteiger partial charge is 3.00 e. The number of benzene rings is 3. The second-order valence-corrected chi connectivity index (χ2v) is 6.39. The van der Waals surface area contributed by atoms with Gasteiger partial charge in [0.1, 0.15) is 0 Å². The average Bonchev–Trinajstić information content (AvgIpc) is 3.21. The van der Waals surface area contributed by atoms with Crippen molar-refractivity contribution in [2.75, 3.05) is 11.9 Å². The first-order chi connectivity index (χ1) is 13.8. The molecule has 0 bridgehead atoms. The second kappa shape index (κ2) is 10.0. The van der Waals surface area contributed by atoms with E-state index in [1.807, 2.05) is 103 Å². The van der Waals surface area contributed by atoms with E-state index in [2.05, 4.69) is 35.3 Å². The monoisotopic (exact) mass is 555 g/mol. The van der Waals surface area contributed by atoms with Crippen LogP contribution in [0.2, 0.25) is 0 Å². The third-order valence-electron chi connectivity index (χ3n) is 4.38. The Morgan fingerprint density at radius 2 is 1.66 bits per heavy atom. The van der Waals surface area contributed by atoms with Crippen molar-refractivity contribution in [2.24, 2.45) is 0 Å². The number of para-hydroxylation sites is 1. The molecular formula is C25H20IrN3. The number of pyridine rings is 1. The Kier molecular flexibility index (Phi) is 7.18. The first-order valence-corrected chi connectivity index (χ1v) is 9.12. The van der Waals surface area contributed by atoms with Gasteiger partial charge < -0.3 is 14.8 Å². The van der Waals surface area contributed by atoms with Gasteiger partial charge in [-0.2, -0.15) is 37.0 Å². The molecule has 0 N–H and O–H groups in total. The van der Waals surface area contributed by atoms with Gasteiger partial charge in [-0.05, 0) is 31.2 Å². The maximum atomic E-state index is 4.37. The molecule has 0 radical (unpaired) electrons. The van der Waals surface area contributed by atoms with E-state index in [4.69, 9.17) is 0 Å². The average molecular weight is 555 g/mol. The molecule has 5 rings (SSSR count). The Morgan fingerprint density at radius 1 is 0.828 bits per heavy atom. The van der Waals surface area contributed by atoms with Crippen molar-refractivity contribution < 1.29 is 20.1 Å². The van der Waals surface area contributed by atoms with Gasteiger partial charge in [0.15, 0.2) is 0 Å². The van der Waals surface area contributed by atoms with Crippen LogP contribution in [0.5, 0.6) is 0 Å². The number of hydrogen-bond acceptors (Lipinski definition) is 3. The van der Waals surface area contributed by atoms with Gasteiger partial charge in [-0.1, -0.05) is 41.8 Å². The molecule has 0 unspecified atom stereocenters. The summed E-state index contributed by atoms with van der Waals surface area (Å²) in [6.45, 7) is 2.01. The topological polar surface area (TPSA) is 19.4 Å². The smallest absolute Gasteiger partial charge is 0.510 e. The molecule has 0 amide bonds. The Morgan fingerprint density at radius 3 is 2.38 bits per heavy atom. The summed E-state index contributed by atoms with van der Waals surface area (Å²) in [4.78, 5) is 8.40. The number of nitrogens with zero attached hydrogens (tertiary/aromatic N) is 3. The van der Waals surface area contributed by atoms with Crippen LogP contribution in [0.3, 0.4) is 0 Å². The summed E-state index contributed by atoms with van der Waals surface area (Å²) in [6, 6.07) is 32.6. The molecule has 4 aromatic rings. The maximum absolute atomic E-state index is 4.37. The van der Waals surface area contributed by atoms with E-state index >= 15 is 0 Å². The molecule has 0 fully saturated rings. The van der Waals surface area contributed by atoms with Gasteiger partial charge >= 0.3 is 20.1 Å². The number of fused-ring (bicyclic) bond motifs is 1. The molecule has 1 aromatic heterocycles. The zero-order valence-electron chi connectivity index (χ0n) is 16.0. The molecule has 3 aromatic carbocycles. The SMILES string of the molecule is CN1C=CN(c2[c-]cccc2)[CH-]1.[Ir+3].[c-]1ccc2ccccc2c1-c1ccccn1. The van der Waals surface area contributed by atoms with Crippen molar-refractivity contribution in [3.8, 4) is 11.3 Å². The van der Waals surface area contributed by atoms with Crippen molar-refractivity contribution in [3.05, 3.63) is 116 Å². The van der Waals surface area contributed by atoms with Crippen LogP contribution in [0.25, 0.3) is 22.0 Å². The quantitative estimate of drug-likeness (QED) is 0.304. The standard InChI is InChI=1S/C15H10N.C10H10N2.Ir/c1-2-8-13-12(6-1)7-5-9-14(13)15-10-3-4-11-16-15;1-11-7-8-12(9-11)10-5-3-2-4-6-10;/h1-8,10-11H;2-5,7-9H,1H3;/q-1;-2;+3. The van der Waals surface area contributed by atoms with Crippen LogP contribution in [0.15, 0.2) is 97.5 Å². The molecule has 0 atom stereocenters. The van der Waals surface area contributed by atoms with E-state index in [-0.39, 0.29) is 20.1 Å². The Labute approximate surface area is 185 Å². The molecule has 3 nitrogen and oxygen atoms in total. The van der Waals surface area contributed by atoms with Gasteiger partial charge in [0.25, 0.3) is 0 Å². The molecule has 144 valence electrons. The first kappa shape index (κ1) is 20.8. The molecule has 0 spiro atoms. The van der Waals surface area contributed by atoms with Crippen LogP contribution in [0.4, 0.5) is 5.69 Å². The zero-order valence-corrected chi connectivity index (χ0v) is 18.4. The number of hydrogen-bond donors (Lipinski definition) is 0. The van der Waals surface area contributed by atoms with Gasteiger partial charge in [0.2, 0.25) is 0 Å². The van der Waals surface area contributed by atoms with Crippen LogP contribution in [0, 0.1) is 18.8 Å². The fourth-order valence-corrected chi connectivity index (χ4v) is 3.02. The van der Waals surface area contributed by atoms with Crippen LogP contribution >= 0.6 is 0 Å². The normalized spacial score (nSPS) is 12.3. The predicted octanol–water partition coefficient (Wildman–Crippen LogP) is 5.53. The van der Waals surface area contributed by atoms with Crippen LogP contribution in [-0.4, -0.2) is 16.9 Å². The van der Waals surface area contributed by atoms with Gasteiger partial charge in [0, 0.05) is 6.20 Å². The van der Waals surface area contributed by atoms with Crippen molar-refractivity contribution in [3.63, 3.8) is 0 Å². The third-order valence-corrected chi connectivity index (χ3v) is 4.38. The van der Waals surface area contributed by atoms with E-state index in [9.17, 15) is 0 Å². The Balaban J connectivity index is 0.000000167.